The summed E-state index contributed by atoms with van der Waals surface area (Å²) in [5.41, 5.74) is 3.74. The fourth-order valence-electron chi connectivity index (χ4n) is 4.64. The summed E-state index contributed by atoms with van der Waals surface area (Å²) in [6, 6.07) is 16.8. The summed E-state index contributed by atoms with van der Waals surface area (Å²) in [6.07, 6.45) is 6.85. The molecule has 33 heavy (non-hydrogen) atoms. The minimum Gasteiger partial charge on any atom is -0.367 e. The maximum absolute atomic E-state index is 5.52. The van der Waals surface area contributed by atoms with Crippen LogP contribution in [-0.4, -0.2) is 33.9 Å². The second kappa shape index (κ2) is 9.36. The van der Waals surface area contributed by atoms with Gasteiger partial charge >= 0.3 is 0 Å². The Morgan fingerprint density at radius 3 is 2.67 bits per heavy atom. The molecule has 2 aromatic heterocycles. The van der Waals surface area contributed by atoms with Crippen LogP contribution in [0.3, 0.4) is 0 Å². The number of fused-ring (bicyclic) bond motifs is 3. The molecule has 0 bridgehead atoms. The first-order valence-corrected chi connectivity index (χ1v) is 11.5. The largest absolute Gasteiger partial charge is 0.367 e. The number of benzene rings is 2. The van der Waals surface area contributed by atoms with Crippen LogP contribution in [0.15, 0.2) is 63.9 Å². The lowest BCUT2D eigenvalue weighted by Gasteiger charge is -2.24. The Balaban J connectivity index is 1.62. The molecule has 4 aromatic rings. The number of nitrogens with two attached hydrogens (primary N) is 1. The summed E-state index contributed by atoms with van der Waals surface area (Å²) in [6.45, 7) is 0. The highest BCUT2D eigenvalue weighted by atomic mass is 15.2. The SMILES string of the molecule is CN=NC(=NN)c1ccc2c(c1)[nH]c1nc(Cc3ccccc3)nc(NC3CCCCC3)c12. The molecule has 1 aliphatic carbocycles. The molecular formula is C25H28N8. The van der Waals surface area contributed by atoms with Crippen molar-refractivity contribution in [1.29, 1.82) is 0 Å². The normalized spacial score (nSPS) is 15.6. The second-order valence-corrected chi connectivity index (χ2v) is 8.49. The van der Waals surface area contributed by atoms with Crippen molar-refractivity contribution < 1.29 is 0 Å². The van der Waals surface area contributed by atoms with Gasteiger partial charge in [-0.2, -0.15) is 10.2 Å². The van der Waals surface area contributed by atoms with E-state index in [0.29, 0.717) is 18.3 Å². The van der Waals surface area contributed by atoms with Gasteiger partial charge in [0.1, 0.15) is 17.3 Å². The first-order valence-electron chi connectivity index (χ1n) is 11.5. The van der Waals surface area contributed by atoms with Crippen molar-refractivity contribution in [1.82, 2.24) is 15.0 Å². The molecule has 8 nitrogen and oxygen atoms in total. The van der Waals surface area contributed by atoms with E-state index in [2.05, 4.69) is 37.8 Å². The monoisotopic (exact) mass is 440 g/mol. The van der Waals surface area contributed by atoms with Gasteiger partial charge in [-0.25, -0.2) is 9.97 Å². The Bertz CT molecular complexity index is 1320. The third kappa shape index (κ3) is 4.41. The lowest BCUT2D eigenvalue weighted by Crippen LogP contribution is -2.23. The number of aromatic amines is 1. The third-order valence-corrected chi connectivity index (χ3v) is 6.22. The van der Waals surface area contributed by atoms with Crippen molar-refractivity contribution in [2.24, 2.45) is 21.2 Å². The van der Waals surface area contributed by atoms with Crippen LogP contribution in [0.25, 0.3) is 21.9 Å². The molecule has 0 unspecified atom stereocenters. The summed E-state index contributed by atoms with van der Waals surface area (Å²) in [5, 5.41) is 17.4. The summed E-state index contributed by atoms with van der Waals surface area (Å²) in [5.74, 6) is 7.60. The molecule has 2 heterocycles. The maximum Gasteiger partial charge on any atom is 0.200 e. The minimum atomic E-state index is 0.384. The van der Waals surface area contributed by atoms with Crippen molar-refractivity contribution in [2.75, 3.05) is 12.4 Å². The van der Waals surface area contributed by atoms with E-state index in [9.17, 15) is 0 Å². The summed E-state index contributed by atoms with van der Waals surface area (Å²) < 4.78 is 0. The molecular weight excluding hydrogens is 412 g/mol. The fourth-order valence-corrected chi connectivity index (χ4v) is 4.64. The molecule has 8 heteroatoms. The molecule has 0 atom stereocenters. The van der Waals surface area contributed by atoms with Crippen LogP contribution >= 0.6 is 0 Å². The zero-order valence-electron chi connectivity index (χ0n) is 18.8. The quantitative estimate of drug-likeness (QED) is 0.131. The smallest absolute Gasteiger partial charge is 0.200 e. The molecule has 0 radical (unpaired) electrons. The molecule has 1 aliphatic rings. The number of H-pyrrole nitrogens is 1. The van der Waals surface area contributed by atoms with Crippen LogP contribution in [-0.2, 0) is 6.42 Å². The van der Waals surface area contributed by atoms with Gasteiger partial charge in [0.15, 0.2) is 5.84 Å². The van der Waals surface area contributed by atoms with E-state index < -0.39 is 0 Å². The van der Waals surface area contributed by atoms with Crippen LogP contribution in [0.2, 0.25) is 0 Å². The predicted molar refractivity (Wildman–Crippen MR) is 133 cm³/mol. The van der Waals surface area contributed by atoms with Crippen LogP contribution in [0.4, 0.5) is 5.82 Å². The number of anilines is 1. The molecule has 4 N–H and O–H groups in total. The molecule has 0 spiro atoms. The van der Waals surface area contributed by atoms with E-state index in [1.807, 2.05) is 36.4 Å². The Labute approximate surface area is 192 Å². The molecule has 1 saturated carbocycles. The van der Waals surface area contributed by atoms with Gasteiger partial charge in [0.05, 0.1) is 5.39 Å². The maximum atomic E-state index is 5.52. The predicted octanol–water partition coefficient (Wildman–Crippen LogP) is 5.15. The number of nitrogens with one attached hydrogen (secondary N) is 2. The number of hydrogen-bond donors (Lipinski definition) is 3. The van der Waals surface area contributed by atoms with Gasteiger partial charge in [-0.05, 0) is 24.5 Å². The third-order valence-electron chi connectivity index (χ3n) is 6.22. The zero-order chi connectivity index (χ0) is 22.6. The van der Waals surface area contributed by atoms with Crippen molar-refractivity contribution in [3.05, 3.63) is 65.5 Å². The molecule has 0 saturated heterocycles. The second-order valence-electron chi connectivity index (χ2n) is 8.49. The van der Waals surface area contributed by atoms with Crippen LogP contribution in [0, 0.1) is 0 Å². The number of hydrogen-bond acceptors (Lipinski definition) is 6. The van der Waals surface area contributed by atoms with E-state index in [1.165, 1.54) is 37.7 Å². The van der Waals surface area contributed by atoms with E-state index in [-0.39, 0.29) is 0 Å². The number of amidine groups is 1. The fraction of sp³-hybridized carbons (Fsp3) is 0.320. The molecule has 5 rings (SSSR count). The number of nitrogens with zero attached hydrogens (tertiary/aromatic N) is 5. The van der Waals surface area contributed by atoms with Gasteiger partial charge < -0.3 is 16.1 Å². The Kier molecular flexibility index (Phi) is 5.97. The van der Waals surface area contributed by atoms with Gasteiger partial charge in [0, 0.05) is 36.0 Å². The van der Waals surface area contributed by atoms with Gasteiger partial charge in [-0.1, -0.05) is 61.7 Å². The van der Waals surface area contributed by atoms with Crippen LogP contribution in [0.5, 0.6) is 0 Å². The Morgan fingerprint density at radius 1 is 1.09 bits per heavy atom. The number of aromatic nitrogens is 3. The lowest BCUT2D eigenvalue weighted by atomic mass is 9.95. The van der Waals surface area contributed by atoms with Gasteiger partial charge in [-0.3, -0.25) is 0 Å². The van der Waals surface area contributed by atoms with Crippen molar-refractivity contribution >= 4 is 33.6 Å². The molecule has 0 aliphatic heterocycles. The molecule has 2 aromatic carbocycles. The summed E-state index contributed by atoms with van der Waals surface area (Å²) >= 11 is 0. The zero-order valence-corrected chi connectivity index (χ0v) is 18.8. The van der Waals surface area contributed by atoms with Crippen LogP contribution in [0.1, 0.15) is 49.1 Å². The van der Waals surface area contributed by atoms with E-state index in [1.54, 1.807) is 7.05 Å². The van der Waals surface area contributed by atoms with Crippen LogP contribution < -0.4 is 11.2 Å². The van der Waals surface area contributed by atoms with Gasteiger partial charge in [0.25, 0.3) is 0 Å². The highest BCUT2D eigenvalue weighted by Gasteiger charge is 2.19. The minimum absolute atomic E-state index is 0.384. The lowest BCUT2D eigenvalue weighted by molar-refractivity contribution is 0.462. The summed E-state index contributed by atoms with van der Waals surface area (Å²) in [7, 11) is 1.60. The van der Waals surface area contributed by atoms with E-state index in [0.717, 1.165) is 39.1 Å². The standard InChI is InChI=1S/C25H28N8/c1-27-33-23(32-26)17-12-13-19-20(15-17)29-25-22(19)24(28-18-10-6-3-7-11-18)30-21(31-25)14-16-8-4-2-5-9-16/h2,4-5,8-9,12-13,15,18H,3,6-7,10-11,14,26H2,1H3,(H2,28,29,30,31). The van der Waals surface area contributed by atoms with Crippen molar-refractivity contribution in [2.45, 2.75) is 44.6 Å². The Hall–Kier alpha value is -3.81. The highest BCUT2D eigenvalue weighted by molar-refractivity contribution is 6.13. The number of rotatable bonds is 5. The average Bonchev–Trinajstić information content (AvgIpc) is 3.21. The van der Waals surface area contributed by atoms with Gasteiger partial charge in [0.2, 0.25) is 0 Å². The first kappa shape index (κ1) is 21.1. The van der Waals surface area contributed by atoms with Crippen molar-refractivity contribution in [3.63, 3.8) is 0 Å². The van der Waals surface area contributed by atoms with E-state index in [4.69, 9.17) is 15.8 Å². The number of hydrazone groups is 1. The average molecular weight is 441 g/mol. The summed E-state index contributed by atoms with van der Waals surface area (Å²) in [4.78, 5) is 13.4. The molecule has 168 valence electrons. The molecule has 1 fully saturated rings. The van der Waals surface area contributed by atoms with Gasteiger partial charge in [-0.15, -0.1) is 5.11 Å². The van der Waals surface area contributed by atoms with Crippen molar-refractivity contribution in [3.8, 4) is 0 Å². The Morgan fingerprint density at radius 2 is 1.91 bits per heavy atom. The topological polar surface area (TPSA) is 117 Å². The first-order chi connectivity index (χ1) is 16.2. The highest BCUT2D eigenvalue weighted by Crippen LogP contribution is 2.32. The number of azo groups is 1. The van der Waals surface area contributed by atoms with E-state index >= 15 is 0 Å². The molecule has 0 amide bonds.